The first-order chi connectivity index (χ1) is 12.3. The highest BCUT2D eigenvalue weighted by Gasteiger charge is 2.27. The lowest BCUT2D eigenvalue weighted by atomic mass is 9.91. The van der Waals surface area contributed by atoms with Crippen LogP contribution in [0.2, 0.25) is 0 Å². The van der Waals surface area contributed by atoms with Crippen LogP contribution in [0.15, 0.2) is 12.2 Å². The van der Waals surface area contributed by atoms with Crippen LogP contribution < -0.4 is 0 Å². The summed E-state index contributed by atoms with van der Waals surface area (Å²) in [7, 11) is 0. The zero-order chi connectivity index (χ0) is 19.5. The Bertz CT molecular complexity index is 376. The van der Waals surface area contributed by atoms with Crippen LogP contribution in [-0.4, -0.2) is 19.0 Å². The second-order valence-electron chi connectivity index (χ2n) is 9.50. The molecule has 1 aliphatic rings. The number of hydrogen-bond acceptors (Lipinski definition) is 2. The van der Waals surface area contributed by atoms with Crippen LogP contribution in [0.1, 0.15) is 99.3 Å². The lowest BCUT2D eigenvalue weighted by molar-refractivity contribution is -0.210. The van der Waals surface area contributed by atoms with Crippen molar-refractivity contribution < 1.29 is 9.47 Å². The Hall–Kier alpha value is -0.340. The van der Waals surface area contributed by atoms with Crippen LogP contribution in [0.5, 0.6) is 0 Å². The van der Waals surface area contributed by atoms with E-state index in [1.54, 1.807) is 0 Å². The van der Waals surface area contributed by atoms with Crippen molar-refractivity contribution in [3.8, 4) is 0 Å². The van der Waals surface area contributed by atoms with E-state index in [0.29, 0.717) is 5.92 Å². The first-order valence-corrected chi connectivity index (χ1v) is 11.2. The van der Waals surface area contributed by atoms with E-state index in [-0.39, 0.29) is 12.4 Å². The number of hydrogen-bond donors (Lipinski definition) is 0. The average Bonchev–Trinajstić information content (AvgIpc) is 2.56. The fraction of sp³-hybridized carbons (Fsp3) is 0.917. The van der Waals surface area contributed by atoms with Crippen molar-refractivity contribution in [2.45, 2.75) is 112 Å². The highest BCUT2D eigenvalue weighted by atomic mass is 16.7. The number of rotatable bonds is 13. The molecule has 0 aromatic heterocycles. The Morgan fingerprint density at radius 2 is 1.42 bits per heavy atom. The van der Waals surface area contributed by atoms with Gasteiger partial charge in [-0.05, 0) is 43.1 Å². The van der Waals surface area contributed by atoms with Gasteiger partial charge in [-0.15, -0.1) is 0 Å². The Morgan fingerprint density at radius 3 is 1.96 bits per heavy atom. The van der Waals surface area contributed by atoms with Gasteiger partial charge in [0, 0.05) is 5.92 Å². The molecule has 2 heteroatoms. The maximum Gasteiger partial charge on any atom is 0.179 e. The maximum absolute atomic E-state index is 5.93. The van der Waals surface area contributed by atoms with Crippen LogP contribution in [0.3, 0.4) is 0 Å². The van der Waals surface area contributed by atoms with E-state index >= 15 is 0 Å². The molecule has 0 aliphatic carbocycles. The zero-order valence-corrected chi connectivity index (χ0v) is 18.6. The summed E-state index contributed by atoms with van der Waals surface area (Å²) in [4.78, 5) is 0. The van der Waals surface area contributed by atoms with Crippen LogP contribution in [0, 0.1) is 23.7 Å². The highest BCUT2D eigenvalue weighted by molar-refractivity contribution is 4.99. The van der Waals surface area contributed by atoms with Crippen molar-refractivity contribution in [1.29, 1.82) is 0 Å². The molecular weight excluding hydrogens is 320 g/mol. The van der Waals surface area contributed by atoms with Gasteiger partial charge in [-0.3, -0.25) is 0 Å². The Balaban J connectivity index is 2.05. The van der Waals surface area contributed by atoms with Crippen molar-refractivity contribution in [3.63, 3.8) is 0 Å². The van der Waals surface area contributed by atoms with Gasteiger partial charge >= 0.3 is 0 Å². The molecule has 5 atom stereocenters. The highest BCUT2D eigenvalue weighted by Crippen LogP contribution is 2.26. The van der Waals surface area contributed by atoms with Crippen LogP contribution in [0.25, 0.3) is 0 Å². The summed E-state index contributed by atoms with van der Waals surface area (Å²) in [5, 5.41) is 0. The summed E-state index contributed by atoms with van der Waals surface area (Å²) < 4.78 is 11.7. The fourth-order valence-electron chi connectivity index (χ4n) is 3.73. The normalized spacial score (nSPS) is 26.0. The molecule has 0 saturated carbocycles. The topological polar surface area (TPSA) is 18.5 Å². The molecule has 1 heterocycles. The third-order valence-electron chi connectivity index (χ3n) is 6.05. The molecule has 5 unspecified atom stereocenters. The summed E-state index contributed by atoms with van der Waals surface area (Å²) >= 11 is 0. The van der Waals surface area contributed by atoms with Gasteiger partial charge in [-0.25, -0.2) is 0 Å². The number of ether oxygens (including phenoxy) is 2. The quantitative estimate of drug-likeness (QED) is 0.317. The van der Waals surface area contributed by atoms with Gasteiger partial charge in [0.1, 0.15) is 0 Å². The Labute approximate surface area is 164 Å². The molecule has 26 heavy (non-hydrogen) atoms. The summed E-state index contributed by atoms with van der Waals surface area (Å²) in [6, 6.07) is 0. The van der Waals surface area contributed by atoms with E-state index in [4.69, 9.17) is 9.47 Å². The SMILES string of the molecule is C=C(CCCC(C)CCCC(C)CCCC(C)C)C1OCC(C)C(C)O1. The second kappa shape index (κ2) is 12.9. The predicted molar refractivity (Wildman–Crippen MR) is 113 cm³/mol. The maximum atomic E-state index is 5.93. The molecule has 1 rings (SSSR count). The van der Waals surface area contributed by atoms with Gasteiger partial charge in [-0.2, -0.15) is 0 Å². The summed E-state index contributed by atoms with van der Waals surface area (Å²) in [5.74, 6) is 3.04. The van der Waals surface area contributed by atoms with Gasteiger partial charge in [0.25, 0.3) is 0 Å². The lowest BCUT2D eigenvalue weighted by Crippen LogP contribution is -2.37. The monoisotopic (exact) mass is 366 g/mol. The molecule has 1 aliphatic heterocycles. The molecule has 1 saturated heterocycles. The molecule has 0 N–H and O–H groups in total. The fourth-order valence-corrected chi connectivity index (χ4v) is 3.73. The van der Waals surface area contributed by atoms with E-state index in [9.17, 15) is 0 Å². The minimum atomic E-state index is -0.178. The Morgan fingerprint density at radius 1 is 0.885 bits per heavy atom. The van der Waals surface area contributed by atoms with Crippen molar-refractivity contribution in [2.75, 3.05) is 6.61 Å². The van der Waals surface area contributed by atoms with Gasteiger partial charge in [0.15, 0.2) is 6.29 Å². The van der Waals surface area contributed by atoms with E-state index in [2.05, 4.69) is 48.1 Å². The van der Waals surface area contributed by atoms with E-state index < -0.39 is 0 Å². The van der Waals surface area contributed by atoms with E-state index in [1.807, 2.05) is 0 Å². The third-order valence-corrected chi connectivity index (χ3v) is 6.05. The minimum Gasteiger partial charge on any atom is -0.348 e. The van der Waals surface area contributed by atoms with Crippen molar-refractivity contribution >= 4 is 0 Å². The molecule has 0 aromatic rings. The van der Waals surface area contributed by atoms with Crippen LogP contribution in [0.4, 0.5) is 0 Å². The van der Waals surface area contributed by atoms with Gasteiger partial charge < -0.3 is 9.47 Å². The minimum absolute atomic E-state index is 0.178. The largest absolute Gasteiger partial charge is 0.348 e. The smallest absolute Gasteiger partial charge is 0.179 e. The molecule has 1 fully saturated rings. The van der Waals surface area contributed by atoms with E-state index in [0.717, 1.165) is 36.4 Å². The van der Waals surface area contributed by atoms with Crippen LogP contribution in [-0.2, 0) is 9.47 Å². The second-order valence-corrected chi connectivity index (χ2v) is 9.50. The van der Waals surface area contributed by atoms with E-state index in [1.165, 1.54) is 51.4 Å². The molecule has 0 amide bonds. The van der Waals surface area contributed by atoms with Crippen LogP contribution >= 0.6 is 0 Å². The first kappa shape index (κ1) is 23.7. The average molecular weight is 367 g/mol. The Kier molecular flexibility index (Phi) is 11.8. The van der Waals surface area contributed by atoms with Crippen molar-refractivity contribution in [2.24, 2.45) is 23.7 Å². The summed E-state index contributed by atoms with van der Waals surface area (Å²) in [5.41, 5.74) is 1.12. The molecule has 2 nitrogen and oxygen atoms in total. The third kappa shape index (κ3) is 10.1. The molecule has 154 valence electrons. The lowest BCUT2D eigenvalue weighted by Gasteiger charge is -2.34. The molecule has 0 radical (unpaired) electrons. The molecular formula is C24H46O2. The van der Waals surface area contributed by atoms with Crippen molar-refractivity contribution in [1.82, 2.24) is 0 Å². The molecule has 0 spiro atoms. The summed E-state index contributed by atoms with van der Waals surface area (Å²) in [6.45, 7) is 18.8. The predicted octanol–water partition coefficient (Wildman–Crippen LogP) is 7.38. The zero-order valence-electron chi connectivity index (χ0n) is 18.6. The van der Waals surface area contributed by atoms with Gasteiger partial charge in [-0.1, -0.05) is 86.1 Å². The molecule has 0 bridgehead atoms. The standard InChI is InChI=1S/C24H46O2/c1-18(2)11-8-12-19(3)13-9-14-20(4)15-10-16-21(5)24-25-17-22(6)23(7)26-24/h18-20,22-24H,5,8-17H2,1-4,6-7H3. The van der Waals surface area contributed by atoms with Gasteiger partial charge in [0.05, 0.1) is 12.7 Å². The summed E-state index contributed by atoms with van der Waals surface area (Å²) in [6.07, 6.45) is 12.0. The molecule has 0 aromatic carbocycles. The van der Waals surface area contributed by atoms with Gasteiger partial charge in [0.2, 0.25) is 0 Å². The first-order valence-electron chi connectivity index (χ1n) is 11.2. The van der Waals surface area contributed by atoms with Crippen molar-refractivity contribution in [3.05, 3.63) is 12.2 Å².